The monoisotopic (exact) mass is 471 g/mol. The maximum absolute atomic E-state index is 14.2. The van der Waals surface area contributed by atoms with E-state index >= 15 is 0 Å². The molecule has 0 saturated carbocycles. The van der Waals surface area contributed by atoms with Crippen molar-refractivity contribution >= 4 is 32.5 Å². The molecule has 0 fully saturated rings. The first kappa shape index (κ1) is 22.7. The largest absolute Gasteiger partial charge is 0.497 e. The van der Waals surface area contributed by atoms with Gasteiger partial charge in [0, 0.05) is 24.4 Å². The van der Waals surface area contributed by atoms with Crippen LogP contribution in [0.1, 0.15) is 18.1 Å². The number of nitrogens with zero attached hydrogens (tertiary/aromatic N) is 2. The van der Waals surface area contributed by atoms with E-state index in [0.717, 1.165) is 13.2 Å². The summed E-state index contributed by atoms with van der Waals surface area (Å²) in [6.07, 6.45) is 1.13. The molecule has 0 spiro atoms. The molecule has 3 aromatic carbocycles. The summed E-state index contributed by atoms with van der Waals surface area (Å²) in [6.45, 7) is 0.986. The smallest absolute Gasteiger partial charge is 0.270 e. The summed E-state index contributed by atoms with van der Waals surface area (Å²) in [5, 5.41) is 3.21. The number of fused-ring (bicyclic) bond motifs is 1. The molecule has 0 unspecified atom stereocenters. The Morgan fingerprint density at radius 1 is 1.06 bits per heavy atom. The van der Waals surface area contributed by atoms with Crippen LogP contribution in [-0.4, -0.2) is 31.3 Å². The van der Waals surface area contributed by atoms with Gasteiger partial charge in [0.1, 0.15) is 5.75 Å². The van der Waals surface area contributed by atoms with E-state index in [0.29, 0.717) is 34.0 Å². The maximum Gasteiger partial charge on any atom is 0.270 e. The van der Waals surface area contributed by atoms with Gasteiger partial charge in [-0.1, -0.05) is 24.3 Å². The first-order chi connectivity index (χ1) is 15.6. The lowest BCUT2D eigenvalue weighted by atomic mass is 10.0. The van der Waals surface area contributed by atoms with Gasteiger partial charge in [0.25, 0.3) is 5.92 Å². The quantitative estimate of drug-likeness (QED) is 0.393. The molecule has 1 N–H and O–H groups in total. The van der Waals surface area contributed by atoms with Gasteiger partial charge < -0.3 is 14.6 Å². The Labute approximate surface area is 190 Å². The number of ether oxygens (including phenoxy) is 1. The topological polar surface area (TPSA) is 73.2 Å². The molecular formula is C24H23F2N3O3S. The zero-order valence-corrected chi connectivity index (χ0v) is 19.2. The van der Waals surface area contributed by atoms with Gasteiger partial charge in [0.05, 0.1) is 29.6 Å². The third-order valence-corrected chi connectivity index (χ3v) is 6.42. The van der Waals surface area contributed by atoms with Gasteiger partial charge in [-0.2, -0.15) is 0 Å². The molecule has 9 heteroatoms. The van der Waals surface area contributed by atoms with Crippen molar-refractivity contribution in [2.45, 2.75) is 24.3 Å². The summed E-state index contributed by atoms with van der Waals surface area (Å²) in [4.78, 5) is 4.72. The van der Waals surface area contributed by atoms with Crippen LogP contribution in [0.4, 0.5) is 20.4 Å². The van der Waals surface area contributed by atoms with E-state index in [9.17, 15) is 17.2 Å². The summed E-state index contributed by atoms with van der Waals surface area (Å²) >= 11 is 0. The Morgan fingerprint density at radius 2 is 1.76 bits per heavy atom. The minimum Gasteiger partial charge on any atom is -0.497 e. The number of methoxy groups -OCH3 is 1. The fraction of sp³-hybridized carbons (Fsp3) is 0.208. The van der Waals surface area contributed by atoms with Gasteiger partial charge in [0.15, 0.2) is 9.84 Å². The highest BCUT2D eigenvalue weighted by Crippen LogP contribution is 2.32. The average Bonchev–Trinajstić information content (AvgIpc) is 3.09. The van der Waals surface area contributed by atoms with Crippen molar-refractivity contribution < 1.29 is 21.9 Å². The summed E-state index contributed by atoms with van der Waals surface area (Å²) in [5.74, 6) is -1.93. The molecule has 0 aliphatic rings. The van der Waals surface area contributed by atoms with Crippen LogP contribution in [0.3, 0.4) is 0 Å². The predicted molar refractivity (Wildman–Crippen MR) is 124 cm³/mol. The third kappa shape index (κ3) is 4.83. The van der Waals surface area contributed by atoms with Gasteiger partial charge in [-0.05, 0) is 48.0 Å². The molecular weight excluding hydrogens is 448 g/mol. The van der Waals surface area contributed by atoms with E-state index in [2.05, 4.69) is 10.3 Å². The van der Waals surface area contributed by atoms with Crippen LogP contribution in [-0.2, 0) is 22.3 Å². The van der Waals surface area contributed by atoms with Crippen molar-refractivity contribution in [3.63, 3.8) is 0 Å². The fourth-order valence-electron chi connectivity index (χ4n) is 3.66. The van der Waals surface area contributed by atoms with E-state index < -0.39 is 15.8 Å². The lowest BCUT2D eigenvalue weighted by Crippen LogP contribution is -2.14. The van der Waals surface area contributed by atoms with Gasteiger partial charge in [0.2, 0.25) is 5.95 Å². The second-order valence-corrected chi connectivity index (χ2v) is 9.86. The number of halogens is 2. The van der Waals surface area contributed by atoms with Crippen LogP contribution in [0.25, 0.3) is 11.0 Å². The van der Waals surface area contributed by atoms with Crippen LogP contribution >= 0.6 is 0 Å². The number of alkyl halides is 2. The molecule has 4 rings (SSSR count). The highest BCUT2D eigenvalue weighted by molar-refractivity contribution is 7.90. The first-order valence-electron chi connectivity index (χ1n) is 10.1. The summed E-state index contributed by atoms with van der Waals surface area (Å²) in [6, 6.07) is 18.1. The maximum atomic E-state index is 14.2. The van der Waals surface area contributed by atoms with Crippen LogP contribution in [0.15, 0.2) is 71.6 Å². The summed E-state index contributed by atoms with van der Waals surface area (Å²) < 4.78 is 59.5. The van der Waals surface area contributed by atoms with Gasteiger partial charge in [-0.25, -0.2) is 22.2 Å². The number of aromatic nitrogens is 2. The van der Waals surface area contributed by atoms with E-state index in [1.807, 2.05) is 0 Å². The van der Waals surface area contributed by atoms with E-state index in [1.54, 1.807) is 60.2 Å². The molecule has 0 aliphatic carbocycles. The molecule has 0 atom stereocenters. The lowest BCUT2D eigenvalue weighted by Gasteiger charge is -2.18. The zero-order valence-electron chi connectivity index (χ0n) is 18.3. The molecule has 172 valence electrons. The van der Waals surface area contributed by atoms with E-state index in [-0.39, 0.29) is 17.0 Å². The van der Waals surface area contributed by atoms with Crippen LogP contribution in [0, 0.1) is 0 Å². The first-order valence-corrected chi connectivity index (χ1v) is 12.0. The number of hydrogen-bond donors (Lipinski definition) is 1. The van der Waals surface area contributed by atoms with Crippen molar-refractivity contribution in [3.8, 4) is 5.75 Å². The Hall–Kier alpha value is -3.46. The number of anilines is 2. The molecule has 0 aliphatic heterocycles. The third-order valence-electron chi connectivity index (χ3n) is 5.31. The number of benzene rings is 3. The minimum atomic E-state index is -3.43. The fourth-order valence-corrected chi connectivity index (χ4v) is 4.30. The average molecular weight is 472 g/mol. The predicted octanol–water partition coefficient (Wildman–Crippen LogP) is 5.35. The molecule has 0 saturated heterocycles. The summed E-state index contributed by atoms with van der Waals surface area (Å²) in [7, 11) is -1.86. The highest BCUT2D eigenvalue weighted by Gasteiger charge is 2.27. The van der Waals surface area contributed by atoms with Crippen LogP contribution in [0.2, 0.25) is 0 Å². The molecule has 6 nitrogen and oxygen atoms in total. The Kier molecular flexibility index (Phi) is 5.84. The Morgan fingerprint density at radius 3 is 2.39 bits per heavy atom. The van der Waals surface area contributed by atoms with Crippen molar-refractivity contribution in [3.05, 3.63) is 77.9 Å². The van der Waals surface area contributed by atoms with Gasteiger partial charge >= 0.3 is 0 Å². The van der Waals surface area contributed by atoms with Crippen LogP contribution in [0.5, 0.6) is 5.75 Å². The normalized spacial score (nSPS) is 12.2. The molecule has 1 aromatic heterocycles. The lowest BCUT2D eigenvalue weighted by molar-refractivity contribution is 0.0165. The number of sulfone groups is 1. The standard InChI is InChI=1S/C24H23F2N3O3S/c1-24(25,26)20-7-5-4-6-16(20)15-29-22-13-12-19(33(3,30)31)14-21(22)28-23(29)27-17-8-10-18(32-2)11-9-17/h4-14H,15H2,1-3H3,(H,27,28). The zero-order chi connectivity index (χ0) is 23.8. The molecule has 0 radical (unpaired) electrons. The van der Waals surface area contributed by atoms with Gasteiger partial charge in [-0.3, -0.25) is 0 Å². The van der Waals surface area contributed by atoms with Crippen LogP contribution < -0.4 is 10.1 Å². The van der Waals surface area contributed by atoms with Gasteiger partial charge in [-0.15, -0.1) is 0 Å². The van der Waals surface area contributed by atoms with E-state index in [1.165, 1.54) is 18.2 Å². The number of nitrogens with one attached hydrogen (secondary N) is 1. The van der Waals surface area contributed by atoms with Crippen molar-refractivity contribution in [2.24, 2.45) is 0 Å². The molecule has 1 heterocycles. The summed E-state index contributed by atoms with van der Waals surface area (Å²) in [5.41, 5.74) is 2.14. The van der Waals surface area contributed by atoms with Crippen molar-refractivity contribution in [2.75, 3.05) is 18.7 Å². The molecule has 0 bridgehead atoms. The number of rotatable bonds is 7. The molecule has 33 heavy (non-hydrogen) atoms. The second kappa shape index (κ2) is 8.47. The van der Waals surface area contributed by atoms with Crippen molar-refractivity contribution in [1.82, 2.24) is 9.55 Å². The Balaban J connectivity index is 1.84. The molecule has 4 aromatic rings. The number of imidazole rings is 1. The molecule has 0 amide bonds. The minimum absolute atomic E-state index is 0.0741. The van der Waals surface area contributed by atoms with Crippen molar-refractivity contribution in [1.29, 1.82) is 0 Å². The number of hydrogen-bond acceptors (Lipinski definition) is 5. The highest BCUT2D eigenvalue weighted by atomic mass is 32.2. The second-order valence-electron chi connectivity index (χ2n) is 7.84. The SMILES string of the molecule is COc1ccc(Nc2nc3cc(S(C)(=O)=O)ccc3n2Cc2ccccc2C(C)(F)F)cc1. The Bertz CT molecular complexity index is 1410. The van der Waals surface area contributed by atoms with E-state index in [4.69, 9.17) is 4.74 Å².